The number of benzene rings is 2. The van der Waals surface area contributed by atoms with Crippen LogP contribution in [-0.4, -0.2) is 6.54 Å². The Balaban J connectivity index is 2.13. The number of halogens is 3. The fourth-order valence-electron chi connectivity index (χ4n) is 1.96. The molecule has 2 rings (SSSR count). The van der Waals surface area contributed by atoms with E-state index in [9.17, 15) is 0 Å². The van der Waals surface area contributed by atoms with Gasteiger partial charge in [0.2, 0.25) is 0 Å². The molecule has 0 unspecified atom stereocenters. The van der Waals surface area contributed by atoms with Gasteiger partial charge in [-0.3, -0.25) is 0 Å². The second-order valence-electron chi connectivity index (χ2n) is 4.66. The van der Waals surface area contributed by atoms with Gasteiger partial charge in [-0.05, 0) is 30.3 Å². The van der Waals surface area contributed by atoms with Crippen LogP contribution in [-0.2, 0) is 13.2 Å². The van der Waals surface area contributed by atoms with E-state index in [1.165, 1.54) is 0 Å². The Labute approximate surface area is 149 Å². The van der Waals surface area contributed by atoms with Crippen LogP contribution in [0.4, 0.5) is 0 Å². The maximum absolute atomic E-state index is 6.17. The molecule has 0 aliphatic heterocycles. The molecule has 0 amide bonds. The number of ether oxygens (including phenoxy) is 1. The van der Waals surface area contributed by atoms with Crippen LogP contribution in [0.25, 0.3) is 0 Å². The highest BCUT2D eigenvalue weighted by molar-refractivity contribution is 9.10. The number of rotatable bonds is 7. The van der Waals surface area contributed by atoms with Gasteiger partial charge in [0.25, 0.3) is 0 Å². The van der Waals surface area contributed by atoms with E-state index in [0.29, 0.717) is 23.2 Å². The van der Waals surface area contributed by atoms with E-state index in [1.54, 1.807) is 12.1 Å². The highest BCUT2D eigenvalue weighted by Gasteiger charge is 2.09. The maximum atomic E-state index is 6.17. The number of hydrogen-bond acceptors (Lipinski definition) is 2. The molecule has 0 heterocycles. The van der Waals surface area contributed by atoms with Crippen LogP contribution in [0.1, 0.15) is 11.1 Å². The molecule has 0 spiro atoms. The first-order chi connectivity index (χ1) is 10.6. The van der Waals surface area contributed by atoms with E-state index in [0.717, 1.165) is 27.9 Å². The topological polar surface area (TPSA) is 21.3 Å². The zero-order chi connectivity index (χ0) is 15.9. The minimum Gasteiger partial charge on any atom is -0.488 e. The Morgan fingerprint density at radius 2 is 1.91 bits per heavy atom. The SMILES string of the molecule is C=CCNCc1cc(Br)ccc1OCc1c(Cl)cccc1Cl. The van der Waals surface area contributed by atoms with Gasteiger partial charge in [-0.15, -0.1) is 6.58 Å². The van der Waals surface area contributed by atoms with Gasteiger partial charge in [0.1, 0.15) is 12.4 Å². The van der Waals surface area contributed by atoms with Crippen LogP contribution in [0.2, 0.25) is 10.0 Å². The summed E-state index contributed by atoms with van der Waals surface area (Å²) in [5, 5.41) is 4.48. The molecule has 22 heavy (non-hydrogen) atoms. The Bertz CT molecular complexity index is 641. The molecule has 0 aromatic heterocycles. The highest BCUT2D eigenvalue weighted by Crippen LogP contribution is 2.28. The van der Waals surface area contributed by atoms with Gasteiger partial charge >= 0.3 is 0 Å². The first-order valence-electron chi connectivity index (χ1n) is 6.77. The van der Waals surface area contributed by atoms with Crippen molar-refractivity contribution in [1.29, 1.82) is 0 Å². The van der Waals surface area contributed by atoms with Crippen molar-refractivity contribution in [2.45, 2.75) is 13.2 Å². The number of nitrogens with one attached hydrogen (secondary N) is 1. The van der Waals surface area contributed by atoms with Gasteiger partial charge < -0.3 is 10.1 Å². The standard InChI is InChI=1S/C17H16BrCl2NO/c1-2-8-21-10-12-9-13(18)6-7-17(12)22-11-14-15(19)4-3-5-16(14)20/h2-7,9,21H,1,8,10-11H2. The summed E-state index contributed by atoms with van der Waals surface area (Å²) in [7, 11) is 0. The minimum absolute atomic E-state index is 0.328. The second kappa shape index (κ2) is 8.59. The van der Waals surface area contributed by atoms with Crippen molar-refractivity contribution in [2.75, 3.05) is 6.54 Å². The van der Waals surface area contributed by atoms with Gasteiger partial charge in [0, 0.05) is 38.7 Å². The van der Waals surface area contributed by atoms with Gasteiger partial charge in [0.15, 0.2) is 0 Å². The fourth-order valence-corrected chi connectivity index (χ4v) is 2.87. The van der Waals surface area contributed by atoms with Crippen LogP contribution in [0.3, 0.4) is 0 Å². The normalized spacial score (nSPS) is 10.5. The largest absolute Gasteiger partial charge is 0.488 e. The summed E-state index contributed by atoms with van der Waals surface area (Å²) in [6, 6.07) is 11.3. The van der Waals surface area contributed by atoms with Gasteiger partial charge in [0.05, 0.1) is 0 Å². The summed E-state index contributed by atoms with van der Waals surface area (Å²) in [4.78, 5) is 0. The Morgan fingerprint density at radius 1 is 1.18 bits per heavy atom. The molecule has 0 saturated heterocycles. The molecule has 2 nitrogen and oxygen atoms in total. The molecule has 0 fully saturated rings. The molecule has 0 aliphatic rings. The van der Waals surface area contributed by atoms with Crippen molar-refractivity contribution in [3.8, 4) is 5.75 Å². The summed E-state index contributed by atoms with van der Waals surface area (Å²) in [6.45, 7) is 5.45. The molecule has 2 aromatic rings. The van der Waals surface area contributed by atoms with Crippen LogP contribution < -0.4 is 10.1 Å². The van der Waals surface area contributed by atoms with Crippen molar-refractivity contribution in [1.82, 2.24) is 5.32 Å². The van der Waals surface area contributed by atoms with E-state index in [2.05, 4.69) is 27.8 Å². The second-order valence-corrected chi connectivity index (χ2v) is 6.39. The van der Waals surface area contributed by atoms with E-state index in [4.69, 9.17) is 27.9 Å². The fraction of sp³-hybridized carbons (Fsp3) is 0.176. The number of hydrogen-bond donors (Lipinski definition) is 1. The van der Waals surface area contributed by atoms with Gasteiger partial charge in [-0.2, -0.15) is 0 Å². The lowest BCUT2D eigenvalue weighted by Gasteiger charge is -2.14. The molecule has 0 saturated carbocycles. The molecular formula is C17H16BrCl2NO. The lowest BCUT2D eigenvalue weighted by atomic mass is 10.2. The van der Waals surface area contributed by atoms with E-state index < -0.39 is 0 Å². The van der Waals surface area contributed by atoms with Crippen molar-refractivity contribution in [3.63, 3.8) is 0 Å². The predicted molar refractivity (Wildman–Crippen MR) is 96.8 cm³/mol. The molecule has 0 radical (unpaired) electrons. The summed E-state index contributed by atoms with van der Waals surface area (Å²) < 4.78 is 6.92. The van der Waals surface area contributed by atoms with E-state index in [-0.39, 0.29) is 0 Å². The molecule has 116 valence electrons. The zero-order valence-electron chi connectivity index (χ0n) is 11.9. The quantitative estimate of drug-likeness (QED) is 0.481. The lowest BCUT2D eigenvalue weighted by molar-refractivity contribution is 0.302. The average Bonchev–Trinajstić information content (AvgIpc) is 2.49. The summed E-state index contributed by atoms with van der Waals surface area (Å²) >= 11 is 15.8. The van der Waals surface area contributed by atoms with Crippen molar-refractivity contribution < 1.29 is 4.74 Å². The Hall–Kier alpha value is -1.00. The van der Waals surface area contributed by atoms with Crippen molar-refractivity contribution in [3.05, 3.63) is 74.7 Å². The third-order valence-electron chi connectivity index (χ3n) is 3.06. The van der Waals surface area contributed by atoms with Crippen molar-refractivity contribution in [2.24, 2.45) is 0 Å². The van der Waals surface area contributed by atoms with E-state index in [1.807, 2.05) is 30.3 Å². The van der Waals surface area contributed by atoms with Crippen LogP contribution >= 0.6 is 39.1 Å². The van der Waals surface area contributed by atoms with Gasteiger partial charge in [-0.25, -0.2) is 0 Å². The molecule has 0 bridgehead atoms. The summed E-state index contributed by atoms with van der Waals surface area (Å²) in [5.74, 6) is 0.802. The molecule has 0 aliphatic carbocycles. The smallest absolute Gasteiger partial charge is 0.124 e. The monoisotopic (exact) mass is 399 g/mol. The average molecular weight is 401 g/mol. The Morgan fingerprint density at radius 3 is 2.59 bits per heavy atom. The third kappa shape index (κ3) is 4.75. The molecule has 0 atom stereocenters. The zero-order valence-corrected chi connectivity index (χ0v) is 15.0. The molecule has 2 aromatic carbocycles. The molecular weight excluding hydrogens is 385 g/mol. The summed E-state index contributed by atoms with van der Waals surface area (Å²) in [6.07, 6.45) is 1.82. The first-order valence-corrected chi connectivity index (χ1v) is 8.32. The van der Waals surface area contributed by atoms with E-state index >= 15 is 0 Å². The highest BCUT2D eigenvalue weighted by atomic mass is 79.9. The minimum atomic E-state index is 0.328. The molecule has 1 N–H and O–H groups in total. The predicted octanol–water partition coefficient (Wildman–Crippen LogP) is 5.61. The lowest BCUT2D eigenvalue weighted by Crippen LogP contribution is -2.13. The summed E-state index contributed by atoms with van der Waals surface area (Å²) in [5.41, 5.74) is 1.85. The van der Waals surface area contributed by atoms with Crippen LogP contribution in [0.5, 0.6) is 5.75 Å². The van der Waals surface area contributed by atoms with Crippen LogP contribution in [0, 0.1) is 0 Å². The maximum Gasteiger partial charge on any atom is 0.124 e. The third-order valence-corrected chi connectivity index (χ3v) is 4.26. The molecule has 5 heteroatoms. The Kier molecular flexibility index (Phi) is 6.77. The van der Waals surface area contributed by atoms with Crippen LogP contribution in [0.15, 0.2) is 53.5 Å². The first kappa shape index (κ1) is 17.4. The van der Waals surface area contributed by atoms with Crippen molar-refractivity contribution >= 4 is 39.1 Å². The van der Waals surface area contributed by atoms with Gasteiger partial charge in [-0.1, -0.05) is 51.3 Å².